The Bertz CT molecular complexity index is 289. The maximum Gasteiger partial charge on any atom is 0.352 e. The number of esters is 1. The van der Waals surface area contributed by atoms with Gasteiger partial charge < -0.3 is 9.47 Å². The second-order valence-corrected chi connectivity index (χ2v) is 3.17. The van der Waals surface area contributed by atoms with E-state index in [0.29, 0.717) is 18.8 Å². The van der Waals surface area contributed by atoms with Crippen LogP contribution in [0.3, 0.4) is 0 Å². The molecule has 0 unspecified atom stereocenters. The van der Waals surface area contributed by atoms with Crippen molar-refractivity contribution in [3.05, 3.63) is 11.3 Å². The number of nitrogens with zero attached hydrogens (tertiary/aromatic N) is 1. The normalized spacial score (nSPS) is 11.4. The van der Waals surface area contributed by atoms with Gasteiger partial charge in [-0.2, -0.15) is 5.26 Å². The van der Waals surface area contributed by atoms with Crippen LogP contribution in [-0.4, -0.2) is 19.2 Å². The molecule has 0 rings (SSSR count). The molecule has 0 saturated heterocycles. The van der Waals surface area contributed by atoms with Crippen molar-refractivity contribution in [3.63, 3.8) is 0 Å². The molecule has 0 aromatic heterocycles. The zero-order valence-electron chi connectivity index (χ0n) is 10.2. The lowest BCUT2D eigenvalue weighted by atomic mass is 10.1. The molecule has 0 aromatic rings. The molecule has 0 radical (unpaired) electrons. The Morgan fingerprint density at radius 3 is 2.25 bits per heavy atom. The summed E-state index contributed by atoms with van der Waals surface area (Å²) in [5.74, 6) is -0.144. The van der Waals surface area contributed by atoms with E-state index >= 15 is 0 Å². The molecule has 0 saturated carbocycles. The van der Waals surface area contributed by atoms with E-state index in [2.05, 4.69) is 0 Å². The van der Waals surface area contributed by atoms with Crippen molar-refractivity contribution < 1.29 is 14.3 Å². The third kappa shape index (κ3) is 4.83. The van der Waals surface area contributed by atoms with E-state index in [1.165, 1.54) is 0 Å². The summed E-state index contributed by atoms with van der Waals surface area (Å²) < 4.78 is 10.1. The van der Waals surface area contributed by atoms with Gasteiger partial charge in [0.25, 0.3) is 0 Å². The Labute approximate surface area is 96.8 Å². The van der Waals surface area contributed by atoms with Crippen LogP contribution in [0.2, 0.25) is 0 Å². The van der Waals surface area contributed by atoms with Crippen molar-refractivity contribution in [2.75, 3.05) is 13.2 Å². The summed E-state index contributed by atoms with van der Waals surface area (Å²) in [6, 6.07) is 1.86. The summed E-state index contributed by atoms with van der Waals surface area (Å²) in [6.07, 6.45) is 2.48. The highest BCUT2D eigenvalue weighted by Crippen LogP contribution is 2.15. The molecule has 90 valence electrons. The van der Waals surface area contributed by atoms with Gasteiger partial charge in [0.2, 0.25) is 0 Å². The van der Waals surface area contributed by atoms with Crippen LogP contribution >= 0.6 is 0 Å². The van der Waals surface area contributed by atoms with Gasteiger partial charge in [-0.05, 0) is 20.3 Å². The Hall–Kier alpha value is -1.50. The van der Waals surface area contributed by atoms with E-state index in [1.54, 1.807) is 6.92 Å². The van der Waals surface area contributed by atoms with Gasteiger partial charge in [0, 0.05) is 6.42 Å². The van der Waals surface area contributed by atoms with E-state index in [4.69, 9.17) is 14.7 Å². The Morgan fingerprint density at radius 1 is 1.19 bits per heavy atom. The number of unbranched alkanes of at least 4 members (excludes halogenated alkanes) is 1. The fourth-order valence-corrected chi connectivity index (χ4v) is 1.21. The number of allylic oxidation sites excluding steroid dienone is 1. The topological polar surface area (TPSA) is 59.3 Å². The number of hydrogen-bond acceptors (Lipinski definition) is 4. The number of hydrogen-bond donors (Lipinski definition) is 0. The van der Waals surface area contributed by atoms with E-state index in [0.717, 1.165) is 12.8 Å². The molecule has 4 nitrogen and oxygen atoms in total. The number of carbonyl (C=O) groups is 1. The minimum Gasteiger partial charge on any atom is -0.497 e. The van der Waals surface area contributed by atoms with Crippen LogP contribution in [0, 0.1) is 11.3 Å². The van der Waals surface area contributed by atoms with Gasteiger partial charge in [0.1, 0.15) is 11.8 Å². The second kappa shape index (κ2) is 8.78. The lowest BCUT2D eigenvalue weighted by molar-refractivity contribution is -0.138. The van der Waals surface area contributed by atoms with Crippen molar-refractivity contribution in [2.24, 2.45) is 0 Å². The quantitative estimate of drug-likeness (QED) is 0.289. The van der Waals surface area contributed by atoms with Crippen LogP contribution in [0.5, 0.6) is 0 Å². The minimum absolute atomic E-state index is 0.00264. The van der Waals surface area contributed by atoms with Crippen LogP contribution in [0.15, 0.2) is 11.3 Å². The summed E-state index contributed by atoms with van der Waals surface area (Å²) in [5.41, 5.74) is -0.00264. The molecule has 0 bridgehead atoms. The summed E-state index contributed by atoms with van der Waals surface area (Å²) in [4.78, 5) is 11.5. The maximum atomic E-state index is 11.5. The highest BCUT2D eigenvalue weighted by atomic mass is 16.5. The van der Waals surface area contributed by atoms with Gasteiger partial charge in [-0.1, -0.05) is 13.3 Å². The van der Waals surface area contributed by atoms with E-state index < -0.39 is 5.97 Å². The van der Waals surface area contributed by atoms with Crippen LogP contribution in [0.25, 0.3) is 0 Å². The SMILES string of the molecule is CCCCC(OCC)=C(C#N)C(=O)OCC. The van der Waals surface area contributed by atoms with Gasteiger partial charge in [0.05, 0.1) is 13.2 Å². The first-order valence-corrected chi connectivity index (χ1v) is 5.64. The molecular formula is C12H19NO3. The molecule has 0 spiro atoms. The molecular weight excluding hydrogens is 206 g/mol. The summed E-state index contributed by atoms with van der Waals surface area (Å²) in [7, 11) is 0. The monoisotopic (exact) mass is 225 g/mol. The molecule has 0 N–H and O–H groups in total. The Balaban J connectivity index is 4.85. The fraction of sp³-hybridized carbons (Fsp3) is 0.667. The average molecular weight is 225 g/mol. The smallest absolute Gasteiger partial charge is 0.352 e. The van der Waals surface area contributed by atoms with Gasteiger partial charge >= 0.3 is 5.97 Å². The third-order valence-electron chi connectivity index (χ3n) is 1.95. The van der Waals surface area contributed by atoms with Crippen molar-refractivity contribution in [1.29, 1.82) is 5.26 Å². The van der Waals surface area contributed by atoms with Crippen molar-refractivity contribution in [1.82, 2.24) is 0 Å². The molecule has 0 atom stereocenters. The van der Waals surface area contributed by atoms with Gasteiger partial charge in [-0.25, -0.2) is 4.79 Å². The second-order valence-electron chi connectivity index (χ2n) is 3.17. The van der Waals surface area contributed by atoms with Crippen LogP contribution in [0.1, 0.15) is 40.0 Å². The van der Waals surface area contributed by atoms with Gasteiger partial charge in [-0.15, -0.1) is 0 Å². The van der Waals surface area contributed by atoms with Gasteiger partial charge in [0.15, 0.2) is 5.57 Å². The fourth-order valence-electron chi connectivity index (χ4n) is 1.21. The molecule has 0 aliphatic rings. The Morgan fingerprint density at radius 2 is 1.81 bits per heavy atom. The molecule has 4 heteroatoms. The zero-order chi connectivity index (χ0) is 12.4. The first-order chi connectivity index (χ1) is 7.71. The van der Waals surface area contributed by atoms with Crippen molar-refractivity contribution in [3.8, 4) is 6.07 Å². The van der Waals surface area contributed by atoms with Crippen molar-refractivity contribution >= 4 is 5.97 Å². The average Bonchev–Trinajstić information content (AvgIpc) is 2.27. The van der Waals surface area contributed by atoms with Crippen molar-refractivity contribution in [2.45, 2.75) is 40.0 Å². The van der Waals surface area contributed by atoms with Gasteiger partial charge in [-0.3, -0.25) is 0 Å². The lowest BCUT2D eigenvalue weighted by Crippen LogP contribution is -2.10. The molecule has 0 amide bonds. The molecule has 0 aliphatic carbocycles. The highest BCUT2D eigenvalue weighted by molar-refractivity contribution is 5.93. The summed E-state index contributed by atoms with van der Waals surface area (Å²) in [5, 5.41) is 8.93. The molecule has 0 aromatic carbocycles. The predicted molar refractivity (Wildman–Crippen MR) is 60.4 cm³/mol. The number of carbonyl (C=O) groups excluding carboxylic acids is 1. The maximum absolute atomic E-state index is 11.5. The van der Waals surface area contributed by atoms with E-state index in [1.807, 2.05) is 19.9 Å². The van der Waals surface area contributed by atoms with E-state index in [-0.39, 0.29) is 12.2 Å². The number of rotatable bonds is 7. The molecule has 0 heterocycles. The third-order valence-corrected chi connectivity index (χ3v) is 1.95. The largest absolute Gasteiger partial charge is 0.497 e. The number of nitriles is 1. The molecule has 16 heavy (non-hydrogen) atoms. The first kappa shape index (κ1) is 14.5. The van der Waals surface area contributed by atoms with Crippen LogP contribution < -0.4 is 0 Å². The van der Waals surface area contributed by atoms with E-state index in [9.17, 15) is 4.79 Å². The highest BCUT2D eigenvalue weighted by Gasteiger charge is 2.17. The Kier molecular flexibility index (Phi) is 7.96. The molecule has 0 fully saturated rings. The zero-order valence-corrected chi connectivity index (χ0v) is 10.2. The standard InChI is InChI=1S/C12H19NO3/c1-4-7-8-11(15-5-2)10(9-13)12(14)16-6-3/h4-8H2,1-3H3. The predicted octanol–water partition coefficient (Wildman–Crippen LogP) is 2.55. The number of ether oxygens (including phenoxy) is 2. The van der Waals surface area contributed by atoms with Crippen LogP contribution in [-0.2, 0) is 14.3 Å². The lowest BCUT2D eigenvalue weighted by Gasteiger charge is -2.10. The minimum atomic E-state index is -0.593. The first-order valence-electron chi connectivity index (χ1n) is 5.64. The summed E-state index contributed by atoms with van der Waals surface area (Å²) in [6.45, 7) is 6.28. The summed E-state index contributed by atoms with van der Waals surface area (Å²) >= 11 is 0. The van der Waals surface area contributed by atoms with Crippen LogP contribution in [0.4, 0.5) is 0 Å². The molecule has 0 aliphatic heterocycles.